The van der Waals surface area contributed by atoms with Crippen LogP contribution in [0.25, 0.3) is 0 Å². The van der Waals surface area contributed by atoms with Gasteiger partial charge in [-0.3, -0.25) is 14.9 Å². The highest BCUT2D eigenvalue weighted by Crippen LogP contribution is 2.26. The number of likely N-dealkylation sites (N-methyl/N-ethyl adjacent to an activating group) is 1. The Bertz CT molecular complexity index is 807. The van der Waals surface area contributed by atoms with Crippen LogP contribution in [0.4, 0.5) is 5.69 Å². The van der Waals surface area contributed by atoms with E-state index >= 15 is 0 Å². The number of rotatable bonds is 7. The Labute approximate surface area is 166 Å². The summed E-state index contributed by atoms with van der Waals surface area (Å²) in [6, 6.07) is 17.1. The molecule has 2 aromatic carbocycles. The second-order valence-electron chi connectivity index (χ2n) is 7.11. The van der Waals surface area contributed by atoms with Gasteiger partial charge < -0.3 is 9.64 Å². The van der Waals surface area contributed by atoms with Gasteiger partial charge in [0.05, 0.1) is 12.6 Å². The van der Waals surface area contributed by atoms with Crippen molar-refractivity contribution in [2.45, 2.75) is 44.7 Å². The number of amides is 1. The molecule has 1 aliphatic heterocycles. The van der Waals surface area contributed by atoms with Gasteiger partial charge in [-0.25, -0.2) is 0 Å². The van der Waals surface area contributed by atoms with Gasteiger partial charge in [-0.1, -0.05) is 48.5 Å². The van der Waals surface area contributed by atoms with Crippen LogP contribution in [0.5, 0.6) is 0 Å². The lowest BCUT2D eigenvalue weighted by Gasteiger charge is -2.26. The van der Waals surface area contributed by atoms with Gasteiger partial charge in [0.25, 0.3) is 0 Å². The van der Waals surface area contributed by atoms with Crippen LogP contribution in [0.1, 0.15) is 30.9 Å². The SMILES string of the molecule is CCOC(=O)C(CCc1ccccc1)NC1CCc2ccccc2N(C)C1=O. The summed E-state index contributed by atoms with van der Waals surface area (Å²) in [5.41, 5.74) is 3.25. The van der Waals surface area contributed by atoms with Crippen molar-refractivity contribution in [3.8, 4) is 0 Å². The molecule has 0 saturated carbocycles. The summed E-state index contributed by atoms with van der Waals surface area (Å²) >= 11 is 0. The Morgan fingerprint density at radius 1 is 1.18 bits per heavy atom. The molecule has 0 spiro atoms. The molecular formula is C23H28N2O3. The third-order valence-electron chi connectivity index (χ3n) is 5.22. The highest BCUT2D eigenvalue weighted by atomic mass is 16.5. The Kier molecular flexibility index (Phi) is 6.82. The topological polar surface area (TPSA) is 58.6 Å². The minimum Gasteiger partial charge on any atom is -0.465 e. The van der Waals surface area contributed by atoms with Gasteiger partial charge in [0.2, 0.25) is 5.91 Å². The van der Waals surface area contributed by atoms with Crippen LogP contribution in [-0.4, -0.2) is 37.6 Å². The molecular weight excluding hydrogens is 352 g/mol. The van der Waals surface area contributed by atoms with Crippen molar-refractivity contribution >= 4 is 17.6 Å². The molecule has 0 saturated heterocycles. The van der Waals surface area contributed by atoms with Gasteiger partial charge in [-0.05, 0) is 49.8 Å². The molecule has 2 atom stereocenters. The number of fused-ring (bicyclic) bond motifs is 1. The molecule has 5 nitrogen and oxygen atoms in total. The third kappa shape index (κ3) is 4.78. The Morgan fingerprint density at radius 3 is 2.64 bits per heavy atom. The molecule has 0 aromatic heterocycles. The second kappa shape index (κ2) is 9.51. The number of aryl methyl sites for hydroxylation is 2. The van der Waals surface area contributed by atoms with Crippen LogP contribution in [0, 0.1) is 0 Å². The van der Waals surface area contributed by atoms with E-state index in [4.69, 9.17) is 4.74 Å². The Hall–Kier alpha value is -2.66. The summed E-state index contributed by atoms with van der Waals surface area (Å²) in [5, 5.41) is 3.30. The highest BCUT2D eigenvalue weighted by molar-refractivity contribution is 5.98. The van der Waals surface area contributed by atoms with Crippen molar-refractivity contribution in [1.82, 2.24) is 5.32 Å². The first-order valence-electron chi connectivity index (χ1n) is 9.92. The van der Waals surface area contributed by atoms with Gasteiger partial charge in [0.1, 0.15) is 6.04 Å². The molecule has 28 heavy (non-hydrogen) atoms. The molecule has 5 heteroatoms. The van der Waals surface area contributed by atoms with E-state index in [1.54, 1.807) is 18.9 Å². The summed E-state index contributed by atoms with van der Waals surface area (Å²) in [5.74, 6) is -0.311. The zero-order chi connectivity index (χ0) is 19.9. The summed E-state index contributed by atoms with van der Waals surface area (Å²) in [6.07, 6.45) is 2.77. The van der Waals surface area contributed by atoms with Gasteiger partial charge in [-0.15, -0.1) is 0 Å². The first kappa shape index (κ1) is 20.1. The van der Waals surface area contributed by atoms with Gasteiger partial charge in [0.15, 0.2) is 0 Å². The predicted molar refractivity (Wildman–Crippen MR) is 110 cm³/mol. The number of nitrogens with zero attached hydrogens (tertiary/aromatic N) is 1. The molecule has 0 radical (unpaired) electrons. The molecule has 1 heterocycles. The maximum Gasteiger partial charge on any atom is 0.323 e. The normalized spacial score (nSPS) is 17.6. The van der Waals surface area contributed by atoms with E-state index in [0.717, 1.165) is 29.7 Å². The number of nitrogens with one attached hydrogen (secondary N) is 1. The number of benzene rings is 2. The van der Waals surface area contributed by atoms with Crippen molar-refractivity contribution in [3.05, 3.63) is 65.7 Å². The molecule has 1 amide bonds. The number of hydrogen-bond donors (Lipinski definition) is 1. The van der Waals surface area contributed by atoms with Crippen LogP contribution < -0.4 is 10.2 Å². The van der Waals surface area contributed by atoms with Gasteiger partial charge in [-0.2, -0.15) is 0 Å². The van der Waals surface area contributed by atoms with E-state index in [2.05, 4.69) is 11.4 Å². The average molecular weight is 380 g/mol. The van der Waals surface area contributed by atoms with E-state index in [1.165, 1.54) is 0 Å². The predicted octanol–water partition coefficient (Wildman–Crippen LogP) is 3.12. The minimum atomic E-state index is -0.510. The van der Waals surface area contributed by atoms with Crippen molar-refractivity contribution in [3.63, 3.8) is 0 Å². The summed E-state index contributed by atoms with van der Waals surface area (Å²) in [7, 11) is 1.80. The van der Waals surface area contributed by atoms with E-state index in [9.17, 15) is 9.59 Å². The van der Waals surface area contributed by atoms with Crippen LogP contribution in [0.3, 0.4) is 0 Å². The summed E-state index contributed by atoms with van der Waals surface area (Å²) in [4.78, 5) is 27.2. The maximum absolute atomic E-state index is 13.0. The van der Waals surface area contributed by atoms with Gasteiger partial charge in [0, 0.05) is 12.7 Å². The fourth-order valence-corrected chi connectivity index (χ4v) is 3.69. The van der Waals surface area contributed by atoms with Crippen molar-refractivity contribution in [2.24, 2.45) is 0 Å². The number of anilines is 1. The fraction of sp³-hybridized carbons (Fsp3) is 0.391. The first-order chi connectivity index (χ1) is 13.6. The highest BCUT2D eigenvalue weighted by Gasteiger charge is 2.32. The smallest absolute Gasteiger partial charge is 0.323 e. The van der Waals surface area contributed by atoms with Crippen LogP contribution in [0.15, 0.2) is 54.6 Å². The lowest BCUT2D eigenvalue weighted by molar-refractivity contribution is -0.146. The summed E-state index contributed by atoms with van der Waals surface area (Å²) in [6.45, 7) is 2.12. The zero-order valence-electron chi connectivity index (χ0n) is 16.6. The molecule has 1 N–H and O–H groups in total. The molecule has 0 bridgehead atoms. The molecule has 148 valence electrons. The van der Waals surface area contributed by atoms with Crippen LogP contribution in [-0.2, 0) is 27.2 Å². The number of esters is 1. The fourth-order valence-electron chi connectivity index (χ4n) is 3.69. The Balaban J connectivity index is 1.72. The van der Waals surface area contributed by atoms with Crippen LogP contribution >= 0.6 is 0 Å². The molecule has 0 fully saturated rings. The largest absolute Gasteiger partial charge is 0.465 e. The van der Waals surface area contributed by atoms with Crippen molar-refractivity contribution < 1.29 is 14.3 Å². The molecule has 2 aromatic rings. The lowest BCUT2D eigenvalue weighted by Crippen LogP contribution is -2.51. The van der Waals surface area contributed by atoms with E-state index in [-0.39, 0.29) is 11.9 Å². The van der Waals surface area contributed by atoms with Gasteiger partial charge >= 0.3 is 5.97 Å². The standard InChI is InChI=1S/C23H28N2O3/c1-3-28-23(27)20(15-13-17-9-5-4-6-10-17)24-19-16-14-18-11-7-8-12-21(18)25(2)22(19)26/h4-12,19-20,24H,3,13-16H2,1-2H3. The minimum absolute atomic E-state index is 0.0149. The number of carbonyl (C=O) groups excluding carboxylic acids is 2. The average Bonchev–Trinajstić information content (AvgIpc) is 2.84. The van der Waals surface area contributed by atoms with Crippen molar-refractivity contribution in [2.75, 3.05) is 18.6 Å². The molecule has 0 aliphatic carbocycles. The number of carbonyl (C=O) groups is 2. The number of hydrogen-bond acceptors (Lipinski definition) is 4. The number of ether oxygens (including phenoxy) is 1. The monoisotopic (exact) mass is 380 g/mol. The van der Waals surface area contributed by atoms with Crippen LogP contribution in [0.2, 0.25) is 0 Å². The quantitative estimate of drug-likeness (QED) is 0.750. The van der Waals surface area contributed by atoms with E-state index in [1.807, 2.05) is 48.5 Å². The lowest BCUT2D eigenvalue weighted by atomic mass is 10.0. The van der Waals surface area contributed by atoms with Crippen molar-refractivity contribution in [1.29, 1.82) is 0 Å². The third-order valence-corrected chi connectivity index (χ3v) is 5.22. The number of para-hydroxylation sites is 1. The summed E-state index contributed by atoms with van der Waals surface area (Å²) < 4.78 is 5.26. The Morgan fingerprint density at radius 2 is 1.89 bits per heavy atom. The second-order valence-corrected chi connectivity index (χ2v) is 7.11. The maximum atomic E-state index is 13.0. The molecule has 1 aliphatic rings. The first-order valence-corrected chi connectivity index (χ1v) is 9.92. The molecule has 2 unspecified atom stereocenters. The van der Waals surface area contributed by atoms with E-state index in [0.29, 0.717) is 19.4 Å². The molecule has 3 rings (SSSR count). The zero-order valence-corrected chi connectivity index (χ0v) is 16.6. The van der Waals surface area contributed by atoms with E-state index < -0.39 is 12.1 Å².